The number of nitrogens with one attached hydrogen (secondary N) is 1. The van der Waals surface area contributed by atoms with E-state index < -0.39 is 0 Å². The van der Waals surface area contributed by atoms with Gasteiger partial charge in [-0.15, -0.1) is 0 Å². The molecule has 0 spiro atoms. The van der Waals surface area contributed by atoms with Crippen molar-refractivity contribution in [2.75, 3.05) is 7.05 Å². The predicted octanol–water partition coefficient (Wildman–Crippen LogP) is 2.63. The molecule has 1 aromatic rings. The van der Waals surface area contributed by atoms with E-state index in [4.69, 9.17) is 0 Å². The van der Waals surface area contributed by atoms with Crippen LogP contribution in [0.4, 0.5) is 5.69 Å². The van der Waals surface area contributed by atoms with Crippen LogP contribution in [0.2, 0.25) is 0 Å². The number of hydrogen-bond acceptors (Lipinski definition) is 4. The lowest BCUT2D eigenvalue weighted by Gasteiger charge is -2.18. The summed E-state index contributed by atoms with van der Waals surface area (Å²) in [5.41, 5.74) is 1.47. The molecule has 0 aromatic carbocycles. The van der Waals surface area contributed by atoms with Gasteiger partial charge in [0.1, 0.15) is 11.4 Å². The molecule has 6 heteroatoms. The van der Waals surface area contributed by atoms with Crippen molar-refractivity contribution in [3.63, 3.8) is 0 Å². The van der Waals surface area contributed by atoms with E-state index >= 15 is 0 Å². The van der Waals surface area contributed by atoms with Gasteiger partial charge in [-0.25, -0.2) is 0 Å². The van der Waals surface area contributed by atoms with Crippen LogP contribution in [-0.4, -0.2) is 27.8 Å². The van der Waals surface area contributed by atoms with Gasteiger partial charge in [-0.2, -0.15) is 5.10 Å². The molecule has 0 radical (unpaired) electrons. The molecule has 6 nitrogen and oxygen atoms in total. The smallest absolute Gasteiger partial charge is 0.313 e. The maximum Gasteiger partial charge on any atom is 0.313 e. The molecule has 0 bridgehead atoms. The molecule has 0 amide bonds. The number of aryl methyl sites for hydroxylation is 1. The number of rotatable bonds is 7. The largest absolute Gasteiger partial charge is 0.317 e. The Morgan fingerprint density at radius 3 is 2.35 bits per heavy atom. The summed E-state index contributed by atoms with van der Waals surface area (Å²) in [4.78, 5) is 11.1. The Labute approximate surface area is 120 Å². The van der Waals surface area contributed by atoms with Gasteiger partial charge in [0.15, 0.2) is 0 Å². The van der Waals surface area contributed by atoms with Crippen molar-refractivity contribution in [2.45, 2.75) is 52.5 Å². The molecule has 0 saturated heterocycles. The van der Waals surface area contributed by atoms with Crippen molar-refractivity contribution >= 4 is 5.69 Å². The quantitative estimate of drug-likeness (QED) is 0.616. The Balaban J connectivity index is 3.13. The molecular formula is C14H26N4O2. The Bertz CT molecular complexity index is 466. The normalized spacial score (nSPS) is 13.2. The average Bonchev–Trinajstić information content (AvgIpc) is 2.65. The highest BCUT2D eigenvalue weighted by Crippen LogP contribution is 2.30. The number of likely N-dealkylation sites (N-methyl/N-ethyl adjacent to an activating group) is 1. The van der Waals surface area contributed by atoms with Crippen LogP contribution in [0.3, 0.4) is 0 Å². The van der Waals surface area contributed by atoms with E-state index in [1.165, 1.54) is 0 Å². The first kappa shape index (κ1) is 16.6. The van der Waals surface area contributed by atoms with Crippen molar-refractivity contribution in [3.05, 3.63) is 21.5 Å². The number of nitrogens with zero attached hydrogens (tertiary/aromatic N) is 3. The molecule has 0 saturated carbocycles. The highest BCUT2D eigenvalue weighted by Gasteiger charge is 2.29. The predicted molar refractivity (Wildman–Crippen MR) is 80.0 cm³/mol. The second kappa shape index (κ2) is 6.83. The molecule has 20 heavy (non-hydrogen) atoms. The van der Waals surface area contributed by atoms with Crippen molar-refractivity contribution in [2.24, 2.45) is 13.0 Å². The summed E-state index contributed by atoms with van der Waals surface area (Å²) in [6.45, 7) is 8.18. The van der Waals surface area contributed by atoms with Crippen LogP contribution in [0, 0.1) is 16.0 Å². The summed E-state index contributed by atoms with van der Waals surface area (Å²) in [5, 5.41) is 19.0. The second-order valence-corrected chi connectivity index (χ2v) is 6.04. The first-order valence-corrected chi connectivity index (χ1v) is 7.15. The minimum atomic E-state index is -0.292. The topological polar surface area (TPSA) is 73.0 Å². The van der Waals surface area contributed by atoms with E-state index in [1.807, 2.05) is 20.9 Å². The summed E-state index contributed by atoms with van der Waals surface area (Å²) in [5.74, 6) is 0.595. The van der Waals surface area contributed by atoms with Crippen LogP contribution in [0.25, 0.3) is 0 Å². The van der Waals surface area contributed by atoms with Gasteiger partial charge in [0.05, 0.1) is 4.92 Å². The molecule has 1 rings (SSSR count). The minimum absolute atomic E-state index is 0.0495. The van der Waals surface area contributed by atoms with Gasteiger partial charge in [0, 0.05) is 25.4 Å². The van der Waals surface area contributed by atoms with Crippen molar-refractivity contribution < 1.29 is 4.92 Å². The zero-order chi connectivity index (χ0) is 15.4. The van der Waals surface area contributed by atoms with Crippen molar-refractivity contribution in [1.29, 1.82) is 0 Å². The fraction of sp³-hybridized carbons (Fsp3) is 0.786. The van der Waals surface area contributed by atoms with E-state index in [0.29, 0.717) is 23.7 Å². The van der Waals surface area contributed by atoms with E-state index in [2.05, 4.69) is 24.3 Å². The monoisotopic (exact) mass is 282 g/mol. The standard InChI is InChI=1S/C14H26N4O2/c1-9(2)7-11(15-5)8-12-14(18(19)20)13(10(3)4)16-17(12)6/h9-11,15H,7-8H2,1-6H3. The van der Waals surface area contributed by atoms with Gasteiger partial charge in [-0.1, -0.05) is 27.7 Å². The summed E-state index contributed by atoms with van der Waals surface area (Å²) in [6.07, 6.45) is 1.61. The summed E-state index contributed by atoms with van der Waals surface area (Å²) >= 11 is 0. The van der Waals surface area contributed by atoms with Crippen molar-refractivity contribution in [1.82, 2.24) is 15.1 Å². The molecule has 0 aliphatic rings. The lowest BCUT2D eigenvalue weighted by molar-refractivity contribution is -0.386. The molecule has 1 heterocycles. The van der Waals surface area contributed by atoms with E-state index in [9.17, 15) is 10.1 Å². The van der Waals surface area contributed by atoms with Crippen LogP contribution >= 0.6 is 0 Å². The summed E-state index contributed by atoms with van der Waals surface area (Å²) < 4.78 is 1.66. The molecule has 1 aromatic heterocycles. The van der Waals surface area contributed by atoms with Crippen LogP contribution in [0.1, 0.15) is 51.4 Å². The highest BCUT2D eigenvalue weighted by atomic mass is 16.6. The molecular weight excluding hydrogens is 256 g/mol. The number of aromatic nitrogens is 2. The summed E-state index contributed by atoms with van der Waals surface area (Å²) in [6, 6.07) is 0.226. The molecule has 0 aliphatic carbocycles. The SMILES string of the molecule is CNC(Cc1c([N+](=O)[O-])c(C(C)C)nn1C)CC(C)C. The van der Waals surface area contributed by atoms with E-state index in [-0.39, 0.29) is 22.6 Å². The van der Waals surface area contributed by atoms with E-state index in [0.717, 1.165) is 6.42 Å². The fourth-order valence-corrected chi connectivity index (χ4v) is 2.49. The van der Waals surface area contributed by atoms with Gasteiger partial charge in [0.25, 0.3) is 0 Å². The van der Waals surface area contributed by atoms with Gasteiger partial charge in [0.2, 0.25) is 0 Å². The lowest BCUT2D eigenvalue weighted by Crippen LogP contribution is -2.30. The first-order chi connectivity index (χ1) is 9.27. The fourth-order valence-electron chi connectivity index (χ4n) is 2.49. The third-order valence-electron chi connectivity index (χ3n) is 3.50. The van der Waals surface area contributed by atoms with E-state index in [1.54, 1.807) is 11.7 Å². The van der Waals surface area contributed by atoms with Gasteiger partial charge in [-0.3, -0.25) is 14.8 Å². The van der Waals surface area contributed by atoms with Gasteiger partial charge in [-0.05, 0) is 19.4 Å². The van der Waals surface area contributed by atoms with Crippen LogP contribution in [-0.2, 0) is 13.5 Å². The maximum atomic E-state index is 11.4. The Morgan fingerprint density at radius 1 is 1.35 bits per heavy atom. The third kappa shape index (κ3) is 3.79. The van der Waals surface area contributed by atoms with Crippen LogP contribution < -0.4 is 5.32 Å². The Kier molecular flexibility index (Phi) is 5.68. The Morgan fingerprint density at radius 2 is 1.95 bits per heavy atom. The number of nitro groups is 1. The number of hydrogen-bond donors (Lipinski definition) is 1. The zero-order valence-corrected chi connectivity index (χ0v) is 13.3. The van der Waals surface area contributed by atoms with Crippen molar-refractivity contribution in [3.8, 4) is 0 Å². The van der Waals surface area contributed by atoms with Gasteiger partial charge < -0.3 is 5.32 Å². The minimum Gasteiger partial charge on any atom is -0.317 e. The lowest BCUT2D eigenvalue weighted by atomic mass is 9.98. The molecule has 1 N–H and O–H groups in total. The third-order valence-corrected chi connectivity index (χ3v) is 3.50. The molecule has 114 valence electrons. The molecule has 1 unspecified atom stereocenters. The van der Waals surface area contributed by atoms with Gasteiger partial charge >= 0.3 is 5.69 Å². The molecule has 0 fully saturated rings. The summed E-state index contributed by atoms with van der Waals surface area (Å²) in [7, 11) is 3.69. The second-order valence-electron chi connectivity index (χ2n) is 6.04. The molecule has 1 atom stereocenters. The Hall–Kier alpha value is -1.43. The highest BCUT2D eigenvalue weighted by molar-refractivity contribution is 5.43. The first-order valence-electron chi connectivity index (χ1n) is 7.15. The van der Waals surface area contributed by atoms with Crippen LogP contribution in [0.5, 0.6) is 0 Å². The zero-order valence-electron chi connectivity index (χ0n) is 13.3. The van der Waals surface area contributed by atoms with Crippen LogP contribution in [0.15, 0.2) is 0 Å². The molecule has 0 aliphatic heterocycles. The average molecular weight is 282 g/mol. The maximum absolute atomic E-state index is 11.4.